The molecule has 0 saturated carbocycles. The van der Waals surface area contributed by atoms with E-state index in [-0.39, 0.29) is 0 Å². The average Bonchev–Trinajstić information content (AvgIpc) is 2.64. The lowest BCUT2D eigenvalue weighted by Crippen LogP contribution is -2.31. The summed E-state index contributed by atoms with van der Waals surface area (Å²) in [4.78, 5) is 0. The molecule has 0 aliphatic carbocycles. The first kappa shape index (κ1) is 9.47. The quantitative estimate of drug-likeness (QED) is 0.717. The maximum absolute atomic E-state index is 5.80. The predicted molar refractivity (Wildman–Crippen MR) is 53.7 cm³/mol. The first-order chi connectivity index (χ1) is 6.25. The van der Waals surface area contributed by atoms with Gasteiger partial charge < -0.3 is 10.1 Å². The Hall–Kier alpha value is -0.0800. The molecule has 0 spiro atoms. The summed E-state index contributed by atoms with van der Waals surface area (Å²) < 4.78 is 5.80. The van der Waals surface area contributed by atoms with Crippen LogP contribution in [0.4, 0.5) is 0 Å². The van der Waals surface area contributed by atoms with Gasteiger partial charge in [-0.2, -0.15) is 0 Å². The highest BCUT2D eigenvalue weighted by Crippen LogP contribution is 2.38. The summed E-state index contributed by atoms with van der Waals surface area (Å²) in [6.07, 6.45) is 5.11. The van der Waals surface area contributed by atoms with Crippen LogP contribution in [0.1, 0.15) is 33.1 Å². The van der Waals surface area contributed by atoms with Crippen molar-refractivity contribution in [2.45, 2.75) is 45.3 Å². The molecule has 0 aromatic carbocycles. The van der Waals surface area contributed by atoms with Crippen molar-refractivity contribution in [2.75, 3.05) is 13.1 Å². The minimum Gasteiger partial charge on any atom is -0.375 e. The molecule has 2 aliphatic heterocycles. The minimum absolute atomic E-state index is 0.588. The van der Waals surface area contributed by atoms with E-state index in [1.807, 2.05) is 0 Å². The molecule has 0 aromatic heterocycles. The molecule has 1 N–H and O–H groups in total. The molecule has 76 valence electrons. The summed E-state index contributed by atoms with van der Waals surface area (Å²) in [6, 6.07) is 0. The number of hydrogen-bond donors (Lipinski definition) is 1. The molecule has 3 unspecified atom stereocenters. The number of ether oxygens (including phenoxy) is 1. The zero-order valence-electron chi connectivity index (χ0n) is 8.75. The average molecular weight is 183 g/mol. The number of hydrogen-bond acceptors (Lipinski definition) is 2. The van der Waals surface area contributed by atoms with Crippen molar-refractivity contribution < 1.29 is 4.74 Å². The van der Waals surface area contributed by atoms with E-state index >= 15 is 0 Å². The Labute approximate surface area is 81.0 Å². The zero-order valence-corrected chi connectivity index (χ0v) is 8.75. The van der Waals surface area contributed by atoms with E-state index in [1.54, 1.807) is 0 Å². The Morgan fingerprint density at radius 3 is 2.77 bits per heavy atom. The highest BCUT2D eigenvalue weighted by Gasteiger charge is 2.40. The van der Waals surface area contributed by atoms with Gasteiger partial charge in [0.05, 0.1) is 12.2 Å². The Morgan fingerprint density at radius 2 is 2.23 bits per heavy atom. The van der Waals surface area contributed by atoms with Gasteiger partial charge in [-0.3, -0.25) is 0 Å². The van der Waals surface area contributed by atoms with Gasteiger partial charge >= 0.3 is 0 Å². The van der Waals surface area contributed by atoms with Gasteiger partial charge in [-0.25, -0.2) is 0 Å². The van der Waals surface area contributed by atoms with Gasteiger partial charge in [0.25, 0.3) is 0 Å². The maximum Gasteiger partial charge on any atom is 0.0621 e. The Bertz CT molecular complexity index is 169. The maximum atomic E-state index is 5.80. The highest BCUT2D eigenvalue weighted by atomic mass is 16.5. The van der Waals surface area contributed by atoms with Crippen molar-refractivity contribution in [3.05, 3.63) is 0 Å². The van der Waals surface area contributed by atoms with E-state index in [2.05, 4.69) is 19.2 Å². The lowest BCUT2D eigenvalue weighted by Gasteiger charge is -2.19. The van der Waals surface area contributed by atoms with Crippen LogP contribution in [0.25, 0.3) is 0 Å². The SMILES string of the molecule is CC(C)CNCC1CC2CCC1O2. The molecular formula is C11H21NO. The number of rotatable bonds is 4. The normalized spacial score (nSPS) is 37.6. The van der Waals surface area contributed by atoms with Gasteiger partial charge in [0.1, 0.15) is 0 Å². The molecule has 0 aromatic rings. The molecular weight excluding hydrogens is 162 g/mol. The van der Waals surface area contributed by atoms with Crippen LogP contribution in [0.3, 0.4) is 0 Å². The van der Waals surface area contributed by atoms with Gasteiger partial charge in [-0.1, -0.05) is 13.8 Å². The third-order valence-electron chi connectivity index (χ3n) is 3.19. The van der Waals surface area contributed by atoms with Crippen LogP contribution in [-0.4, -0.2) is 25.3 Å². The Kier molecular flexibility index (Phi) is 2.89. The third-order valence-corrected chi connectivity index (χ3v) is 3.19. The van der Waals surface area contributed by atoms with E-state index in [0.717, 1.165) is 18.4 Å². The topological polar surface area (TPSA) is 21.3 Å². The van der Waals surface area contributed by atoms with Crippen LogP contribution in [0, 0.1) is 11.8 Å². The van der Waals surface area contributed by atoms with E-state index in [9.17, 15) is 0 Å². The summed E-state index contributed by atoms with van der Waals surface area (Å²) in [7, 11) is 0. The predicted octanol–water partition coefficient (Wildman–Crippen LogP) is 1.80. The van der Waals surface area contributed by atoms with E-state index < -0.39 is 0 Å². The van der Waals surface area contributed by atoms with E-state index in [4.69, 9.17) is 4.74 Å². The lowest BCUT2D eigenvalue weighted by molar-refractivity contribution is 0.0923. The van der Waals surface area contributed by atoms with Crippen LogP contribution in [-0.2, 0) is 4.74 Å². The summed E-state index contributed by atoms with van der Waals surface area (Å²) in [5, 5.41) is 3.53. The lowest BCUT2D eigenvalue weighted by atomic mass is 9.89. The number of nitrogens with one attached hydrogen (secondary N) is 1. The summed E-state index contributed by atoms with van der Waals surface area (Å²) in [5.74, 6) is 1.57. The first-order valence-electron chi connectivity index (χ1n) is 5.62. The molecule has 0 radical (unpaired) electrons. The Balaban J connectivity index is 1.66. The minimum atomic E-state index is 0.588. The molecule has 2 fully saturated rings. The van der Waals surface area contributed by atoms with Crippen molar-refractivity contribution in [1.82, 2.24) is 5.32 Å². The molecule has 2 rings (SSSR count). The van der Waals surface area contributed by atoms with E-state index in [0.29, 0.717) is 12.2 Å². The molecule has 2 heteroatoms. The smallest absolute Gasteiger partial charge is 0.0621 e. The van der Waals surface area contributed by atoms with Crippen molar-refractivity contribution in [3.8, 4) is 0 Å². The van der Waals surface area contributed by atoms with Crippen molar-refractivity contribution in [1.29, 1.82) is 0 Å². The molecule has 2 heterocycles. The standard InChI is InChI=1S/C11H21NO/c1-8(2)6-12-7-9-5-10-3-4-11(9)13-10/h8-12H,3-7H2,1-2H3. The third kappa shape index (κ3) is 2.23. The largest absolute Gasteiger partial charge is 0.375 e. The molecule has 13 heavy (non-hydrogen) atoms. The second-order valence-electron chi connectivity index (χ2n) is 4.92. The van der Waals surface area contributed by atoms with Gasteiger partial charge in [0.15, 0.2) is 0 Å². The zero-order chi connectivity index (χ0) is 9.26. The number of fused-ring (bicyclic) bond motifs is 2. The Morgan fingerprint density at radius 1 is 1.38 bits per heavy atom. The first-order valence-corrected chi connectivity index (χ1v) is 5.62. The second kappa shape index (κ2) is 3.97. The van der Waals surface area contributed by atoms with Gasteiger partial charge in [0.2, 0.25) is 0 Å². The highest BCUT2D eigenvalue weighted by molar-refractivity contribution is 4.90. The molecule has 2 bridgehead atoms. The monoisotopic (exact) mass is 183 g/mol. The van der Waals surface area contributed by atoms with Crippen LogP contribution >= 0.6 is 0 Å². The van der Waals surface area contributed by atoms with Crippen molar-refractivity contribution in [2.24, 2.45) is 11.8 Å². The fraction of sp³-hybridized carbons (Fsp3) is 1.00. The van der Waals surface area contributed by atoms with Gasteiger partial charge in [0, 0.05) is 12.5 Å². The summed E-state index contributed by atoms with van der Waals surface area (Å²) >= 11 is 0. The molecule has 2 saturated heterocycles. The van der Waals surface area contributed by atoms with Crippen LogP contribution < -0.4 is 5.32 Å². The van der Waals surface area contributed by atoms with Gasteiger partial charge in [-0.15, -0.1) is 0 Å². The van der Waals surface area contributed by atoms with Crippen LogP contribution in [0.2, 0.25) is 0 Å². The van der Waals surface area contributed by atoms with Crippen molar-refractivity contribution in [3.63, 3.8) is 0 Å². The van der Waals surface area contributed by atoms with Crippen molar-refractivity contribution >= 4 is 0 Å². The summed E-state index contributed by atoms with van der Waals surface area (Å²) in [5.41, 5.74) is 0. The molecule has 2 aliphatic rings. The summed E-state index contributed by atoms with van der Waals surface area (Å²) in [6.45, 7) is 6.82. The van der Waals surface area contributed by atoms with Crippen LogP contribution in [0.5, 0.6) is 0 Å². The van der Waals surface area contributed by atoms with Crippen LogP contribution in [0.15, 0.2) is 0 Å². The molecule has 2 nitrogen and oxygen atoms in total. The fourth-order valence-corrected chi connectivity index (χ4v) is 2.52. The van der Waals surface area contributed by atoms with Gasteiger partial charge in [-0.05, 0) is 31.7 Å². The van der Waals surface area contributed by atoms with E-state index in [1.165, 1.54) is 25.8 Å². The second-order valence-corrected chi connectivity index (χ2v) is 4.92. The molecule has 0 amide bonds. The fourth-order valence-electron chi connectivity index (χ4n) is 2.52. The molecule has 3 atom stereocenters.